The van der Waals surface area contributed by atoms with E-state index in [1.165, 1.54) is 11.3 Å². The van der Waals surface area contributed by atoms with E-state index in [0.29, 0.717) is 25.5 Å². The van der Waals surface area contributed by atoms with Crippen molar-refractivity contribution in [2.75, 3.05) is 26.8 Å². The van der Waals surface area contributed by atoms with Gasteiger partial charge in [0.25, 0.3) is 5.91 Å². The zero-order valence-corrected chi connectivity index (χ0v) is 12.0. The molecule has 1 aromatic rings. The van der Waals surface area contributed by atoms with Crippen molar-refractivity contribution in [3.63, 3.8) is 0 Å². The molecular formula is C12H19N3O3S. The van der Waals surface area contributed by atoms with Crippen molar-refractivity contribution in [1.29, 1.82) is 0 Å². The summed E-state index contributed by atoms with van der Waals surface area (Å²) in [6.45, 7) is 3.57. The van der Waals surface area contributed by atoms with Crippen LogP contribution < -0.4 is 5.73 Å². The van der Waals surface area contributed by atoms with E-state index < -0.39 is 0 Å². The van der Waals surface area contributed by atoms with Gasteiger partial charge in [0.15, 0.2) is 6.29 Å². The Morgan fingerprint density at radius 2 is 2.32 bits per heavy atom. The summed E-state index contributed by atoms with van der Waals surface area (Å²) in [4.78, 5) is 18.0. The van der Waals surface area contributed by atoms with Crippen LogP contribution in [0.3, 0.4) is 0 Å². The summed E-state index contributed by atoms with van der Waals surface area (Å²) in [6, 6.07) is -0.0987. The van der Waals surface area contributed by atoms with Gasteiger partial charge in [-0.1, -0.05) is 6.92 Å². The molecule has 1 aromatic heterocycles. The number of amides is 1. The molecule has 7 heteroatoms. The molecule has 1 amide bonds. The van der Waals surface area contributed by atoms with E-state index in [2.05, 4.69) is 4.98 Å². The molecule has 0 saturated carbocycles. The van der Waals surface area contributed by atoms with E-state index in [0.717, 1.165) is 11.4 Å². The third-order valence-corrected chi connectivity index (χ3v) is 3.94. The van der Waals surface area contributed by atoms with E-state index in [-0.39, 0.29) is 18.2 Å². The maximum atomic E-state index is 12.2. The number of likely N-dealkylation sites (N-methyl/N-ethyl adjacent to an activating group) is 1. The Labute approximate surface area is 116 Å². The van der Waals surface area contributed by atoms with E-state index >= 15 is 0 Å². The summed E-state index contributed by atoms with van der Waals surface area (Å²) in [7, 11) is 1.71. The van der Waals surface area contributed by atoms with Crippen LogP contribution in [-0.4, -0.2) is 48.9 Å². The molecule has 106 valence electrons. The minimum absolute atomic E-state index is 0.0987. The van der Waals surface area contributed by atoms with Crippen molar-refractivity contribution in [3.05, 3.63) is 16.1 Å². The molecule has 0 radical (unpaired) electrons. The Bertz CT molecular complexity index is 432. The fourth-order valence-corrected chi connectivity index (χ4v) is 2.62. The molecule has 2 heterocycles. The molecule has 1 aliphatic heterocycles. The summed E-state index contributed by atoms with van der Waals surface area (Å²) >= 11 is 1.42. The molecule has 1 aliphatic rings. The van der Waals surface area contributed by atoms with E-state index in [1.807, 2.05) is 6.92 Å². The number of ether oxygens (including phenoxy) is 2. The predicted octanol–water partition coefficient (Wildman–Crippen LogP) is 0.998. The molecule has 0 aromatic carbocycles. The van der Waals surface area contributed by atoms with Crippen LogP contribution in [0.25, 0.3) is 0 Å². The normalized spacial score (nSPS) is 17.6. The molecule has 1 fully saturated rings. The van der Waals surface area contributed by atoms with Crippen LogP contribution in [0.4, 0.5) is 0 Å². The fourth-order valence-electron chi connectivity index (χ4n) is 1.75. The number of rotatable bonds is 5. The van der Waals surface area contributed by atoms with Crippen LogP contribution in [0.5, 0.6) is 0 Å². The fraction of sp³-hybridized carbons (Fsp3) is 0.667. The second kappa shape index (κ2) is 6.42. The van der Waals surface area contributed by atoms with Crippen molar-refractivity contribution in [2.24, 2.45) is 5.73 Å². The number of carbonyl (C=O) groups is 1. The van der Waals surface area contributed by atoms with E-state index in [9.17, 15) is 4.79 Å². The topological polar surface area (TPSA) is 77.7 Å². The van der Waals surface area contributed by atoms with Gasteiger partial charge < -0.3 is 20.1 Å². The van der Waals surface area contributed by atoms with Gasteiger partial charge in [-0.25, -0.2) is 4.98 Å². The number of nitrogens with zero attached hydrogens (tertiary/aromatic N) is 2. The molecule has 0 spiro atoms. The van der Waals surface area contributed by atoms with Gasteiger partial charge in [0.05, 0.1) is 25.8 Å². The van der Waals surface area contributed by atoms with E-state index in [4.69, 9.17) is 15.2 Å². The highest BCUT2D eigenvalue weighted by Crippen LogP contribution is 2.19. The lowest BCUT2D eigenvalue weighted by Crippen LogP contribution is -2.35. The monoisotopic (exact) mass is 285 g/mol. The van der Waals surface area contributed by atoms with Crippen LogP contribution >= 0.6 is 11.3 Å². The lowest BCUT2D eigenvalue weighted by molar-refractivity contribution is -0.0543. The molecule has 2 N–H and O–H groups in total. The molecule has 0 bridgehead atoms. The minimum atomic E-state index is -0.329. The van der Waals surface area contributed by atoms with Crippen molar-refractivity contribution in [1.82, 2.24) is 9.88 Å². The van der Waals surface area contributed by atoms with Crippen molar-refractivity contribution >= 4 is 17.2 Å². The molecule has 1 unspecified atom stereocenters. The second-order valence-corrected chi connectivity index (χ2v) is 5.33. The number of aromatic nitrogens is 1. The lowest BCUT2D eigenvalue weighted by atomic mass is 10.2. The minimum Gasteiger partial charge on any atom is -0.348 e. The van der Waals surface area contributed by atoms with Crippen LogP contribution in [0.2, 0.25) is 0 Å². The van der Waals surface area contributed by atoms with Gasteiger partial charge in [0.1, 0.15) is 10.7 Å². The predicted molar refractivity (Wildman–Crippen MR) is 72.0 cm³/mol. The highest BCUT2D eigenvalue weighted by Gasteiger charge is 2.23. The van der Waals surface area contributed by atoms with Gasteiger partial charge in [0.2, 0.25) is 0 Å². The van der Waals surface area contributed by atoms with Gasteiger partial charge in [-0.15, -0.1) is 11.3 Å². The number of carbonyl (C=O) groups excluding carboxylic acids is 1. The first-order valence-electron chi connectivity index (χ1n) is 6.31. The van der Waals surface area contributed by atoms with E-state index in [1.54, 1.807) is 17.3 Å². The largest absolute Gasteiger partial charge is 0.348 e. The van der Waals surface area contributed by atoms with Crippen molar-refractivity contribution < 1.29 is 14.3 Å². The van der Waals surface area contributed by atoms with Crippen molar-refractivity contribution in [2.45, 2.75) is 25.7 Å². The number of thiazole rings is 1. The molecule has 0 aliphatic carbocycles. The van der Waals surface area contributed by atoms with Gasteiger partial charge in [-0.3, -0.25) is 4.79 Å². The maximum absolute atomic E-state index is 12.2. The summed E-state index contributed by atoms with van der Waals surface area (Å²) in [5.74, 6) is -0.134. The highest BCUT2D eigenvalue weighted by molar-refractivity contribution is 7.09. The van der Waals surface area contributed by atoms with Crippen molar-refractivity contribution in [3.8, 4) is 0 Å². The van der Waals surface area contributed by atoms with Gasteiger partial charge in [-0.05, 0) is 6.42 Å². The Kier molecular flexibility index (Phi) is 4.87. The number of nitrogens with two attached hydrogens (primary N) is 1. The van der Waals surface area contributed by atoms with Gasteiger partial charge in [-0.2, -0.15) is 0 Å². The van der Waals surface area contributed by atoms with Crippen LogP contribution in [0.1, 0.15) is 34.9 Å². The highest BCUT2D eigenvalue weighted by atomic mass is 32.1. The van der Waals surface area contributed by atoms with Crippen LogP contribution in [0, 0.1) is 0 Å². The Balaban J connectivity index is 1.96. The lowest BCUT2D eigenvalue weighted by Gasteiger charge is -2.19. The molecular weight excluding hydrogens is 266 g/mol. The summed E-state index contributed by atoms with van der Waals surface area (Å²) in [5, 5.41) is 2.55. The average molecular weight is 285 g/mol. The quantitative estimate of drug-likeness (QED) is 0.873. The Morgan fingerprint density at radius 1 is 1.63 bits per heavy atom. The average Bonchev–Trinajstić information content (AvgIpc) is 3.07. The maximum Gasteiger partial charge on any atom is 0.273 e. The standard InChI is InChI=1S/C12H19N3O3S/c1-3-8(13)11-14-9(7-19-11)12(16)15(2)6-10-17-4-5-18-10/h7-8,10H,3-6,13H2,1-2H3. The smallest absolute Gasteiger partial charge is 0.273 e. The Morgan fingerprint density at radius 3 is 2.95 bits per heavy atom. The van der Waals surface area contributed by atoms with Gasteiger partial charge in [0, 0.05) is 12.4 Å². The summed E-state index contributed by atoms with van der Waals surface area (Å²) < 4.78 is 10.6. The molecule has 19 heavy (non-hydrogen) atoms. The molecule has 1 atom stereocenters. The third kappa shape index (κ3) is 3.50. The zero-order valence-electron chi connectivity index (χ0n) is 11.2. The second-order valence-electron chi connectivity index (χ2n) is 4.44. The first-order chi connectivity index (χ1) is 9.11. The zero-order chi connectivity index (χ0) is 13.8. The number of hydrogen-bond donors (Lipinski definition) is 1. The molecule has 2 rings (SSSR count). The molecule has 6 nitrogen and oxygen atoms in total. The third-order valence-electron chi connectivity index (χ3n) is 2.96. The molecule has 1 saturated heterocycles. The summed E-state index contributed by atoms with van der Waals surface area (Å²) in [5.41, 5.74) is 6.33. The van der Waals surface area contributed by atoms with Crippen LogP contribution in [0.15, 0.2) is 5.38 Å². The van der Waals surface area contributed by atoms with Gasteiger partial charge >= 0.3 is 0 Å². The first kappa shape index (κ1) is 14.4. The number of hydrogen-bond acceptors (Lipinski definition) is 6. The summed E-state index contributed by atoms with van der Waals surface area (Å²) in [6.07, 6.45) is 0.478. The first-order valence-corrected chi connectivity index (χ1v) is 7.19. The SMILES string of the molecule is CCC(N)c1nc(C(=O)N(C)CC2OCCO2)cs1. The van der Waals surface area contributed by atoms with Crippen LogP contribution in [-0.2, 0) is 9.47 Å². The Hall–Kier alpha value is -1.02.